The van der Waals surface area contributed by atoms with Crippen LogP contribution in [-0.4, -0.2) is 37.7 Å². The molecular formula is C16H25F2N3OS. The molecule has 0 aliphatic heterocycles. The number of halogens is 2. The van der Waals surface area contributed by atoms with Gasteiger partial charge in [0, 0.05) is 18.7 Å². The van der Waals surface area contributed by atoms with Gasteiger partial charge < -0.3 is 15.4 Å². The standard InChI is InChI=1S/C16H25F2N3OS/c1-3-19-16(20-10-6-7-11-23-2)21-12-13-8-4-5-9-14(13)22-15(17)18/h4-5,8-9,15H,3,6-7,10-12H2,1-2H3,(H2,19,20,21). The molecule has 0 heterocycles. The second-order valence-corrected chi connectivity index (χ2v) is 5.79. The third-order valence-electron chi connectivity index (χ3n) is 3.01. The van der Waals surface area contributed by atoms with Crippen LogP contribution in [-0.2, 0) is 6.54 Å². The summed E-state index contributed by atoms with van der Waals surface area (Å²) >= 11 is 1.84. The number of nitrogens with one attached hydrogen (secondary N) is 2. The maximum Gasteiger partial charge on any atom is 0.387 e. The van der Waals surface area contributed by atoms with Gasteiger partial charge in [-0.15, -0.1) is 0 Å². The first-order valence-corrected chi connectivity index (χ1v) is 9.10. The minimum atomic E-state index is -2.83. The van der Waals surface area contributed by atoms with Crippen LogP contribution in [0.4, 0.5) is 8.78 Å². The maximum atomic E-state index is 12.4. The van der Waals surface area contributed by atoms with Crippen LogP contribution in [0.5, 0.6) is 5.75 Å². The number of ether oxygens (including phenoxy) is 1. The molecule has 0 saturated heterocycles. The summed E-state index contributed by atoms with van der Waals surface area (Å²) in [6, 6.07) is 6.72. The van der Waals surface area contributed by atoms with E-state index in [1.54, 1.807) is 18.2 Å². The Morgan fingerprint density at radius 2 is 2.04 bits per heavy atom. The summed E-state index contributed by atoms with van der Waals surface area (Å²) in [5.41, 5.74) is 0.632. The summed E-state index contributed by atoms with van der Waals surface area (Å²) < 4.78 is 29.3. The molecule has 0 saturated carbocycles. The Morgan fingerprint density at radius 1 is 1.26 bits per heavy atom. The zero-order chi connectivity index (χ0) is 16.9. The Bertz CT molecular complexity index is 472. The molecule has 0 amide bonds. The van der Waals surface area contributed by atoms with Gasteiger partial charge in [-0.25, -0.2) is 4.99 Å². The largest absolute Gasteiger partial charge is 0.434 e. The normalized spacial score (nSPS) is 11.6. The summed E-state index contributed by atoms with van der Waals surface area (Å²) in [5, 5.41) is 6.40. The number of rotatable bonds is 10. The Balaban J connectivity index is 2.59. The van der Waals surface area contributed by atoms with Gasteiger partial charge in [0.05, 0.1) is 6.54 Å². The summed E-state index contributed by atoms with van der Waals surface area (Å²) in [4.78, 5) is 4.43. The number of alkyl halides is 2. The summed E-state index contributed by atoms with van der Waals surface area (Å²) in [6.45, 7) is 1.01. The number of nitrogens with zero attached hydrogens (tertiary/aromatic N) is 1. The molecule has 0 aliphatic rings. The van der Waals surface area contributed by atoms with Gasteiger partial charge in [-0.3, -0.25) is 0 Å². The molecule has 1 aromatic carbocycles. The van der Waals surface area contributed by atoms with Gasteiger partial charge in [0.1, 0.15) is 5.75 Å². The van der Waals surface area contributed by atoms with E-state index in [0.717, 1.165) is 31.7 Å². The average Bonchev–Trinajstić information content (AvgIpc) is 2.53. The lowest BCUT2D eigenvalue weighted by molar-refractivity contribution is -0.0504. The smallest absolute Gasteiger partial charge is 0.387 e. The second kappa shape index (κ2) is 12.0. The number of hydrogen-bond donors (Lipinski definition) is 2. The van der Waals surface area contributed by atoms with Crippen LogP contribution in [0.15, 0.2) is 29.3 Å². The van der Waals surface area contributed by atoms with Crippen LogP contribution in [0.3, 0.4) is 0 Å². The minimum Gasteiger partial charge on any atom is -0.434 e. The summed E-state index contributed by atoms with van der Waals surface area (Å²) in [5.74, 6) is 2.00. The van der Waals surface area contributed by atoms with Gasteiger partial charge in [0.25, 0.3) is 0 Å². The van der Waals surface area contributed by atoms with E-state index in [9.17, 15) is 8.78 Å². The highest BCUT2D eigenvalue weighted by molar-refractivity contribution is 7.98. The average molecular weight is 345 g/mol. The van der Waals surface area contributed by atoms with E-state index in [-0.39, 0.29) is 12.3 Å². The SMILES string of the molecule is CCNC(=NCc1ccccc1OC(F)F)NCCCCSC. The molecule has 1 aromatic rings. The van der Waals surface area contributed by atoms with E-state index in [1.807, 2.05) is 18.7 Å². The monoisotopic (exact) mass is 345 g/mol. The fraction of sp³-hybridized carbons (Fsp3) is 0.562. The lowest BCUT2D eigenvalue weighted by atomic mass is 10.2. The van der Waals surface area contributed by atoms with Crippen molar-refractivity contribution in [1.82, 2.24) is 10.6 Å². The third kappa shape index (κ3) is 8.64. The third-order valence-corrected chi connectivity index (χ3v) is 3.71. The molecule has 0 spiro atoms. The van der Waals surface area contributed by atoms with Crippen molar-refractivity contribution >= 4 is 17.7 Å². The second-order valence-electron chi connectivity index (χ2n) is 4.81. The Morgan fingerprint density at radius 3 is 2.74 bits per heavy atom. The number of para-hydroxylation sites is 1. The van der Waals surface area contributed by atoms with Crippen LogP contribution in [0, 0.1) is 0 Å². The Labute approximate surface area is 141 Å². The van der Waals surface area contributed by atoms with Crippen molar-refractivity contribution in [2.75, 3.05) is 25.1 Å². The van der Waals surface area contributed by atoms with Crippen molar-refractivity contribution < 1.29 is 13.5 Å². The molecule has 0 unspecified atom stereocenters. The lowest BCUT2D eigenvalue weighted by Gasteiger charge is -2.12. The van der Waals surface area contributed by atoms with Gasteiger partial charge in [-0.2, -0.15) is 20.5 Å². The number of aliphatic imine (C=N–C) groups is 1. The van der Waals surface area contributed by atoms with Crippen molar-refractivity contribution in [1.29, 1.82) is 0 Å². The van der Waals surface area contributed by atoms with Crippen LogP contribution < -0.4 is 15.4 Å². The number of hydrogen-bond acceptors (Lipinski definition) is 3. The van der Waals surface area contributed by atoms with Gasteiger partial charge >= 0.3 is 6.61 Å². The Kier molecular flexibility index (Phi) is 10.2. The number of unbranched alkanes of at least 4 members (excludes halogenated alkanes) is 1. The lowest BCUT2D eigenvalue weighted by Crippen LogP contribution is -2.37. The van der Waals surface area contributed by atoms with E-state index in [1.165, 1.54) is 6.07 Å². The first-order valence-electron chi connectivity index (χ1n) is 7.71. The van der Waals surface area contributed by atoms with Gasteiger partial charge in [0.2, 0.25) is 0 Å². The van der Waals surface area contributed by atoms with E-state index in [2.05, 4.69) is 26.6 Å². The van der Waals surface area contributed by atoms with Gasteiger partial charge in [-0.05, 0) is 37.8 Å². The molecular weight excluding hydrogens is 320 g/mol. The van der Waals surface area contributed by atoms with E-state index >= 15 is 0 Å². The highest BCUT2D eigenvalue weighted by Gasteiger charge is 2.08. The van der Waals surface area contributed by atoms with Crippen LogP contribution >= 0.6 is 11.8 Å². The molecule has 0 radical (unpaired) electrons. The van der Waals surface area contributed by atoms with Crippen LogP contribution in [0.2, 0.25) is 0 Å². The topological polar surface area (TPSA) is 45.7 Å². The number of thioether (sulfide) groups is 1. The fourth-order valence-electron chi connectivity index (χ4n) is 1.93. The highest BCUT2D eigenvalue weighted by Crippen LogP contribution is 2.20. The predicted molar refractivity (Wildman–Crippen MR) is 93.5 cm³/mol. The Hall–Kier alpha value is -1.50. The molecule has 7 heteroatoms. The fourth-order valence-corrected chi connectivity index (χ4v) is 2.42. The maximum absolute atomic E-state index is 12.4. The molecule has 2 N–H and O–H groups in total. The molecule has 0 atom stereocenters. The first kappa shape index (κ1) is 19.5. The van der Waals surface area contributed by atoms with E-state index in [4.69, 9.17) is 0 Å². The zero-order valence-electron chi connectivity index (χ0n) is 13.6. The molecule has 23 heavy (non-hydrogen) atoms. The first-order chi connectivity index (χ1) is 11.2. The molecule has 130 valence electrons. The van der Waals surface area contributed by atoms with Crippen molar-refractivity contribution in [3.63, 3.8) is 0 Å². The highest BCUT2D eigenvalue weighted by atomic mass is 32.2. The number of benzene rings is 1. The zero-order valence-corrected chi connectivity index (χ0v) is 14.5. The van der Waals surface area contributed by atoms with Crippen molar-refractivity contribution in [3.8, 4) is 5.75 Å². The van der Waals surface area contributed by atoms with E-state index in [0.29, 0.717) is 11.5 Å². The van der Waals surface area contributed by atoms with Gasteiger partial charge in [0.15, 0.2) is 5.96 Å². The summed E-state index contributed by atoms with van der Waals surface area (Å²) in [7, 11) is 0. The van der Waals surface area contributed by atoms with Gasteiger partial charge in [-0.1, -0.05) is 18.2 Å². The van der Waals surface area contributed by atoms with Crippen molar-refractivity contribution in [3.05, 3.63) is 29.8 Å². The molecule has 0 fully saturated rings. The van der Waals surface area contributed by atoms with E-state index < -0.39 is 6.61 Å². The van der Waals surface area contributed by atoms with Crippen molar-refractivity contribution in [2.24, 2.45) is 4.99 Å². The molecule has 0 aromatic heterocycles. The molecule has 1 rings (SSSR count). The number of guanidine groups is 1. The molecule has 0 bridgehead atoms. The summed E-state index contributed by atoms with van der Waals surface area (Å²) in [6.07, 6.45) is 4.31. The minimum absolute atomic E-state index is 0.169. The van der Waals surface area contributed by atoms with Crippen molar-refractivity contribution in [2.45, 2.75) is 32.9 Å². The van der Waals surface area contributed by atoms with Crippen LogP contribution in [0.25, 0.3) is 0 Å². The predicted octanol–water partition coefficient (Wildman–Crippen LogP) is 3.49. The quantitative estimate of drug-likeness (QED) is 0.387. The molecule has 4 nitrogen and oxygen atoms in total. The van der Waals surface area contributed by atoms with Crippen LogP contribution in [0.1, 0.15) is 25.3 Å². The molecule has 0 aliphatic carbocycles.